The lowest BCUT2D eigenvalue weighted by molar-refractivity contribution is 0.0926. The molecule has 8 bridgehead atoms. The van der Waals surface area contributed by atoms with Gasteiger partial charge < -0.3 is 39.4 Å². The molecule has 0 fully saturated rings. The van der Waals surface area contributed by atoms with Gasteiger partial charge >= 0.3 is 0 Å². The molecule has 50 heavy (non-hydrogen) atoms. The molecule has 4 aromatic rings. The molecule has 0 radical (unpaired) electrons. The van der Waals surface area contributed by atoms with E-state index >= 15 is 0 Å². The highest BCUT2D eigenvalue weighted by Gasteiger charge is 2.22. The van der Waals surface area contributed by atoms with Crippen molar-refractivity contribution in [3.63, 3.8) is 0 Å². The highest BCUT2D eigenvalue weighted by molar-refractivity contribution is 5.47. The van der Waals surface area contributed by atoms with Crippen molar-refractivity contribution in [2.24, 2.45) is 0 Å². The lowest BCUT2D eigenvalue weighted by Gasteiger charge is -2.23. The first kappa shape index (κ1) is 37.0. The van der Waals surface area contributed by atoms with E-state index in [2.05, 4.69) is 41.5 Å². The molecule has 0 saturated carbocycles. The molecule has 1 heterocycles. The molecule has 0 saturated heterocycles. The quantitative estimate of drug-likeness (QED) is 0.145. The Balaban J connectivity index is 1.52. The SMILES string of the molecule is CC(C)(C)c1cc2c(O)c(c1)COCc1cc(C(C)(C)C)cc(c1O)COCc1cc(F)cc(c1O)COCc1cc(F)cc(c1O)COC2. The summed E-state index contributed by atoms with van der Waals surface area (Å²) in [5.41, 5.74) is 4.04. The van der Waals surface area contributed by atoms with Gasteiger partial charge in [0.25, 0.3) is 0 Å². The summed E-state index contributed by atoms with van der Waals surface area (Å²) >= 11 is 0. The Hall–Kier alpha value is -4.22. The fourth-order valence-corrected chi connectivity index (χ4v) is 5.79. The Bertz CT molecular complexity index is 1720. The topological polar surface area (TPSA) is 118 Å². The van der Waals surface area contributed by atoms with Crippen molar-refractivity contribution in [3.05, 3.63) is 116 Å². The van der Waals surface area contributed by atoms with E-state index in [0.717, 1.165) is 35.4 Å². The van der Waals surface area contributed by atoms with Gasteiger partial charge in [-0.3, -0.25) is 0 Å². The summed E-state index contributed by atoms with van der Waals surface area (Å²) in [6, 6.07) is 12.1. The summed E-state index contributed by atoms with van der Waals surface area (Å²) in [6.07, 6.45) is 0. The highest BCUT2D eigenvalue weighted by Crippen LogP contribution is 2.36. The van der Waals surface area contributed by atoms with E-state index in [1.807, 2.05) is 24.3 Å². The Kier molecular flexibility index (Phi) is 11.1. The first-order valence-corrected chi connectivity index (χ1v) is 16.5. The van der Waals surface area contributed by atoms with Crippen LogP contribution in [-0.2, 0) is 82.6 Å². The Morgan fingerprint density at radius 2 is 0.560 bits per heavy atom. The van der Waals surface area contributed by atoms with Crippen molar-refractivity contribution < 1.29 is 48.2 Å². The second-order valence-corrected chi connectivity index (χ2v) is 14.9. The molecule has 0 amide bonds. The zero-order valence-electron chi connectivity index (χ0n) is 29.5. The standard InChI is InChI=1S/C40H46F2O8/c1-39(2,3)31-7-23-15-47-16-24-8-32(40(4,5)6)10-26(36(24)44)18-49-20-28-12-34(42)14-30(38(28)46)22-50-21-29-13-33(41)11-27(37(29)45)19-48-17-25(9-31)35(23)43/h7-14,43-46H,15-22H2,1-6H3. The third-order valence-corrected chi connectivity index (χ3v) is 8.79. The van der Waals surface area contributed by atoms with E-state index in [1.54, 1.807) is 0 Å². The molecular formula is C40H46F2O8. The summed E-state index contributed by atoms with van der Waals surface area (Å²) in [5, 5.41) is 44.4. The number of fused-ring (bicyclic) bond motifs is 8. The average Bonchev–Trinajstić information content (AvgIpc) is 3.02. The van der Waals surface area contributed by atoms with Gasteiger partial charge in [0.05, 0.1) is 52.9 Å². The number of ether oxygens (including phenoxy) is 4. The van der Waals surface area contributed by atoms with Crippen LogP contribution < -0.4 is 0 Å². The molecule has 268 valence electrons. The second-order valence-electron chi connectivity index (χ2n) is 14.9. The third-order valence-electron chi connectivity index (χ3n) is 8.79. The number of aromatic hydroxyl groups is 4. The van der Waals surface area contributed by atoms with Crippen molar-refractivity contribution in [3.8, 4) is 23.0 Å². The van der Waals surface area contributed by atoms with Crippen LogP contribution in [0.15, 0.2) is 48.5 Å². The second kappa shape index (κ2) is 14.9. The summed E-state index contributed by atoms with van der Waals surface area (Å²) in [4.78, 5) is 0. The predicted molar refractivity (Wildman–Crippen MR) is 184 cm³/mol. The van der Waals surface area contributed by atoms with Gasteiger partial charge in [0.1, 0.15) is 34.6 Å². The van der Waals surface area contributed by atoms with Gasteiger partial charge in [0, 0.05) is 44.5 Å². The van der Waals surface area contributed by atoms with Crippen LogP contribution >= 0.6 is 0 Å². The van der Waals surface area contributed by atoms with Crippen molar-refractivity contribution in [1.29, 1.82) is 0 Å². The van der Waals surface area contributed by atoms with Crippen molar-refractivity contribution >= 4 is 0 Å². The molecule has 4 aromatic carbocycles. The Labute approximate surface area is 291 Å². The van der Waals surface area contributed by atoms with Crippen LogP contribution in [0.2, 0.25) is 0 Å². The molecule has 1 aliphatic rings. The molecule has 0 aromatic heterocycles. The maximum absolute atomic E-state index is 14.6. The third kappa shape index (κ3) is 8.73. The maximum atomic E-state index is 14.6. The molecule has 5 rings (SSSR count). The summed E-state index contributed by atoms with van der Waals surface area (Å²) < 4.78 is 52.8. The van der Waals surface area contributed by atoms with Gasteiger partial charge in [0.2, 0.25) is 0 Å². The highest BCUT2D eigenvalue weighted by atomic mass is 19.1. The molecule has 0 atom stereocenters. The van der Waals surface area contributed by atoms with Crippen molar-refractivity contribution in [1.82, 2.24) is 0 Å². The van der Waals surface area contributed by atoms with E-state index in [-0.39, 0.29) is 109 Å². The van der Waals surface area contributed by atoms with Gasteiger partial charge in [-0.15, -0.1) is 0 Å². The molecule has 0 unspecified atom stereocenters. The minimum Gasteiger partial charge on any atom is -0.507 e. The maximum Gasteiger partial charge on any atom is 0.126 e. The van der Waals surface area contributed by atoms with Crippen LogP contribution in [-0.4, -0.2) is 20.4 Å². The summed E-state index contributed by atoms with van der Waals surface area (Å²) in [5.74, 6) is -1.68. The Morgan fingerprint density at radius 3 is 0.740 bits per heavy atom. The lowest BCUT2D eigenvalue weighted by Crippen LogP contribution is -2.14. The van der Waals surface area contributed by atoms with Gasteiger partial charge in [0.15, 0.2) is 0 Å². The number of benzene rings is 4. The van der Waals surface area contributed by atoms with Crippen molar-refractivity contribution in [2.75, 3.05) is 0 Å². The van der Waals surface area contributed by atoms with Crippen LogP contribution in [0.25, 0.3) is 0 Å². The first-order chi connectivity index (χ1) is 23.5. The lowest BCUT2D eigenvalue weighted by atomic mass is 9.84. The fraction of sp³-hybridized carbons (Fsp3) is 0.400. The number of hydrogen-bond donors (Lipinski definition) is 4. The Morgan fingerprint density at radius 1 is 0.380 bits per heavy atom. The molecule has 8 nitrogen and oxygen atoms in total. The van der Waals surface area contributed by atoms with Crippen LogP contribution in [0.3, 0.4) is 0 Å². The van der Waals surface area contributed by atoms with E-state index < -0.39 is 11.6 Å². The normalized spacial score (nSPS) is 15.4. The van der Waals surface area contributed by atoms with E-state index in [9.17, 15) is 29.2 Å². The van der Waals surface area contributed by atoms with Crippen LogP contribution in [0, 0.1) is 11.6 Å². The van der Waals surface area contributed by atoms with Gasteiger partial charge in [-0.25, -0.2) is 8.78 Å². The molecule has 1 aliphatic heterocycles. The van der Waals surface area contributed by atoms with Crippen LogP contribution in [0.5, 0.6) is 23.0 Å². The molecular weight excluding hydrogens is 646 g/mol. The van der Waals surface area contributed by atoms with Crippen molar-refractivity contribution in [2.45, 2.75) is 105 Å². The predicted octanol–water partition coefficient (Wildman–Crippen LogP) is 8.56. The fourth-order valence-electron chi connectivity index (χ4n) is 5.79. The minimum absolute atomic E-state index is 0.00494. The average molecular weight is 693 g/mol. The number of phenolic OH excluding ortho intramolecular Hbond substituents is 4. The molecule has 4 N–H and O–H groups in total. The molecule has 10 heteroatoms. The molecule has 0 aliphatic carbocycles. The van der Waals surface area contributed by atoms with E-state index in [4.69, 9.17) is 18.9 Å². The zero-order valence-corrected chi connectivity index (χ0v) is 29.5. The molecule has 0 spiro atoms. The van der Waals surface area contributed by atoms with Gasteiger partial charge in [-0.2, -0.15) is 0 Å². The summed E-state index contributed by atoms with van der Waals surface area (Å²) in [7, 11) is 0. The first-order valence-electron chi connectivity index (χ1n) is 16.5. The van der Waals surface area contributed by atoms with Crippen LogP contribution in [0.1, 0.15) is 97.2 Å². The largest absolute Gasteiger partial charge is 0.507 e. The van der Waals surface area contributed by atoms with Gasteiger partial charge in [-0.05, 0) is 70.5 Å². The zero-order chi connectivity index (χ0) is 36.4. The summed E-state index contributed by atoms with van der Waals surface area (Å²) in [6.45, 7) is 11.5. The van der Waals surface area contributed by atoms with E-state index in [0.29, 0.717) is 22.3 Å². The number of halogens is 2. The number of rotatable bonds is 0. The smallest absolute Gasteiger partial charge is 0.126 e. The van der Waals surface area contributed by atoms with E-state index in [1.165, 1.54) is 0 Å². The number of hydrogen-bond acceptors (Lipinski definition) is 8. The van der Waals surface area contributed by atoms with Gasteiger partial charge in [-0.1, -0.05) is 41.5 Å². The number of phenols is 4. The minimum atomic E-state index is -0.614. The van der Waals surface area contributed by atoms with Crippen LogP contribution in [0.4, 0.5) is 8.78 Å². The monoisotopic (exact) mass is 692 g/mol.